The fourth-order valence-electron chi connectivity index (χ4n) is 3.97. The first-order valence-corrected chi connectivity index (χ1v) is 7.97. The number of piperidine rings is 1. The van der Waals surface area contributed by atoms with Crippen molar-refractivity contribution in [2.45, 2.75) is 57.0 Å². The third kappa shape index (κ3) is 2.65. The van der Waals surface area contributed by atoms with Gasteiger partial charge >= 0.3 is 0 Å². The molecular formula is C15H27N3O. The Labute approximate surface area is 116 Å². The molecule has 3 fully saturated rings. The Morgan fingerprint density at radius 2 is 1.95 bits per heavy atom. The van der Waals surface area contributed by atoms with E-state index in [1.807, 2.05) is 0 Å². The van der Waals surface area contributed by atoms with Gasteiger partial charge in [-0.3, -0.25) is 9.69 Å². The lowest BCUT2D eigenvalue weighted by Crippen LogP contribution is -2.57. The third-order valence-electron chi connectivity index (χ3n) is 5.18. The van der Waals surface area contributed by atoms with Gasteiger partial charge in [0.15, 0.2) is 0 Å². The summed E-state index contributed by atoms with van der Waals surface area (Å²) in [6.45, 7) is 7.47. The Hall–Kier alpha value is -0.610. The summed E-state index contributed by atoms with van der Waals surface area (Å²) in [4.78, 5) is 17.5. The Bertz CT molecular complexity index is 332. The van der Waals surface area contributed by atoms with Gasteiger partial charge in [0.25, 0.3) is 0 Å². The van der Waals surface area contributed by atoms with Crippen LogP contribution in [0.1, 0.15) is 45.4 Å². The smallest absolute Gasteiger partial charge is 0.242 e. The number of nitrogens with zero attached hydrogens (tertiary/aromatic N) is 2. The predicted molar refractivity (Wildman–Crippen MR) is 76.1 cm³/mol. The minimum absolute atomic E-state index is 0.285. The van der Waals surface area contributed by atoms with Gasteiger partial charge in [0.1, 0.15) is 0 Å². The highest BCUT2D eigenvalue weighted by Crippen LogP contribution is 2.25. The van der Waals surface area contributed by atoms with E-state index < -0.39 is 0 Å². The van der Waals surface area contributed by atoms with E-state index in [1.165, 1.54) is 38.8 Å². The van der Waals surface area contributed by atoms with Crippen LogP contribution in [0.3, 0.4) is 0 Å². The number of rotatable bonds is 2. The lowest BCUT2D eigenvalue weighted by molar-refractivity contribution is -0.139. The Morgan fingerprint density at radius 3 is 2.63 bits per heavy atom. The number of likely N-dealkylation sites (tertiary alicyclic amines) is 2. The van der Waals surface area contributed by atoms with Crippen molar-refractivity contribution < 1.29 is 4.79 Å². The van der Waals surface area contributed by atoms with Gasteiger partial charge in [-0.2, -0.15) is 0 Å². The first-order chi connectivity index (χ1) is 9.19. The van der Waals surface area contributed by atoms with E-state index >= 15 is 0 Å². The maximum Gasteiger partial charge on any atom is 0.242 e. The molecule has 19 heavy (non-hydrogen) atoms. The fraction of sp³-hybridized carbons (Fsp3) is 0.933. The summed E-state index contributed by atoms with van der Waals surface area (Å²) >= 11 is 0. The first kappa shape index (κ1) is 13.4. The second-order valence-corrected chi connectivity index (χ2v) is 6.65. The van der Waals surface area contributed by atoms with Crippen LogP contribution in [0.15, 0.2) is 0 Å². The average molecular weight is 265 g/mol. The van der Waals surface area contributed by atoms with Crippen LogP contribution in [0.25, 0.3) is 0 Å². The molecule has 0 aromatic heterocycles. The Balaban J connectivity index is 1.62. The van der Waals surface area contributed by atoms with Crippen LogP contribution in [0, 0.1) is 0 Å². The van der Waals surface area contributed by atoms with Crippen LogP contribution in [0.4, 0.5) is 0 Å². The van der Waals surface area contributed by atoms with Gasteiger partial charge in [-0.05, 0) is 65.1 Å². The Morgan fingerprint density at radius 1 is 1.16 bits per heavy atom. The summed E-state index contributed by atoms with van der Waals surface area (Å²) in [5.41, 5.74) is -0.285. The highest BCUT2D eigenvalue weighted by molar-refractivity contribution is 5.86. The maximum atomic E-state index is 12.7. The minimum atomic E-state index is -0.285. The molecule has 3 saturated heterocycles. The monoisotopic (exact) mass is 265 g/mol. The molecule has 1 amide bonds. The third-order valence-corrected chi connectivity index (χ3v) is 5.18. The van der Waals surface area contributed by atoms with E-state index in [9.17, 15) is 4.79 Å². The van der Waals surface area contributed by atoms with E-state index in [-0.39, 0.29) is 5.54 Å². The quantitative estimate of drug-likeness (QED) is 0.815. The van der Waals surface area contributed by atoms with E-state index in [0.717, 1.165) is 32.5 Å². The molecule has 0 aromatic rings. The number of hydrogen-bond donors (Lipinski definition) is 1. The normalized spacial score (nSPS) is 36.9. The average Bonchev–Trinajstić information content (AvgIpc) is 3.10. The molecule has 1 N–H and O–H groups in total. The van der Waals surface area contributed by atoms with Gasteiger partial charge in [0.2, 0.25) is 5.91 Å². The molecule has 108 valence electrons. The van der Waals surface area contributed by atoms with E-state index in [1.54, 1.807) is 0 Å². The van der Waals surface area contributed by atoms with E-state index in [2.05, 4.69) is 22.0 Å². The number of carbonyl (C=O) groups excluding carboxylic acids is 1. The van der Waals surface area contributed by atoms with Crippen LogP contribution >= 0.6 is 0 Å². The molecular weight excluding hydrogens is 238 g/mol. The fourth-order valence-corrected chi connectivity index (χ4v) is 3.97. The van der Waals surface area contributed by atoms with Crippen LogP contribution in [-0.4, -0.2) is 60.0 Å². The number of carbonyl (C=O) groups is 1. The summed E-state index contributed by atoms with van der Waals surface area (Å²) in [5.74, 6) is 0.342. The van der Waals surface area contributed by atoms with Gasteiger partial charge in [0, 0.05) is 19.1 Å². The van der Waals surface area contributed by atoms with Crippen molar-refractivity contribution in [3.05, 3.63) is 0 Å². The molecule has 0 spiro atoms. The van der Waals surface area contributed by atoms with Crippen molar-refractivity contribution in [2.75, 3.05) is 32.7 Å². The summed E-state index contributed by atoms with van der Waals surface area (Å²) in [6, 6.07) is 0.616. The highest BCUT2D eigenvalue weighted by Gasteiger charge is 2.40. The topological polar surface area (TPSA) is 35.6 Å². The largest absolute Gasteiger partial charge is 0.340 e. The van der Waals surface area contributed by atoms with Crippen molar-refractivity contribution in [1.82, 2.24) is 15.1 Å². The highest BCUT2D eigenvalue weighted by atomic mass is 16.2. The van der Waals surface area contributed by atoms with Gasteiger partial charge < -0.3 is 10.2 Å². The summed E-state index contributed by atoms with van der Waals surface area (Å²) < 4.78 is 0. The zero-order chi connectivity index (χ0) is 13.3. The van der Waals surface area contributed by atoms with Crippen LogP contribution in [-0.2, 0) is 4.79 Å². The van der Waals surface area contributed by atoms with Crippen molar-refractivity contribution >= 4 is 5.91 Å². The first-order valence-electron chi connectivity index (χ1n) is 7.97. The molecule has 3 rings (SSSR count). The maximum absolute atomic E-state index is 12.7. The van der Waals surface area contributed by atoms with Crippen molar-refractivity contribution in [3.8, 4) is 0 Å². The van der Waals surface area contributed by atoms with Crippen molar-refractivity contribution in [3.63, 3.8) is 0 Å². The molecule has 4 nitrogen and oxygen atoms in total. The second kappa shape index (κ2) is 5.41. The molecule has 3 aliphatic rings. The van der Waals surface area contributed by atoms with Gasteiger partial charge in [0.05, 0.1) is 5.54 Å². The molecule has 0 aromatic carbocycles. The molecule has 0 bridgehead atoms. The van der Waals surface area contributed by atoms with Gasteiger partial charge in [-0.25, -0.2) is 0 Å². The lowest BCUT2D eigenvalue weighted by atomic mass is 9.95. The standard InChI is InChI=1S/C15H27N3O/c1-15(7-5-8-16-15)14(19)18-11-4-6-13(12-18)17-9-2-3-10-17/h13,16H,2-12H2,1H3. The summed E-state index contributed by atoms with van der Waals surface area (Å²) in [5, 5.41) is 3.41. The molecule has 0 saturated carbocycles. The van der Waals surface area contributed by atoms with Gasteiger partial charge in [-0.15, -0.1) is 0 Å². The molecule has 0 aliphatic carbocycles. The van der Waals surface area contributed by atoms with Crippen molar-refractivity contribution in [1.29, 1.82) is 0 Å². The van der Waals surface area contributed by atoms with E-state index in [4.69, 9.17) is 0 Å². The molecule has 3 heterocycles. The van der Waals surface area contributed by atoms with Gasteiger partial charge in [-0.1, -0.05) is 0 Å². The molecule has 0 radical (unpaired) electrons. The van der Waals surface area contributed by atoms with Crippen LogP contribution in [0.5, 0.6) is 0 Å². The number of hydrogen-bond acceptors (Lipinski definition) is 3. The second-order valence-electron chi connectivity index (χ2n) is 6.65. The molecule has 2 unspecified atom stereocenters. The molecule has 4 heteroatoms. The SMILES string of the molecule is CC1(C(=O)N2CCCC(N3CCCC3)C2)CCCN1. The minimum Gasteiger partial charge on any atom is -0.340 e. The zero-order valence-corrected chi connectivity index (χ0v) is 12.2. The zero-order valence-electron chi connectivity index (χ0n) is 12.2. The number of amides is 1. The number of nitrogens with one attached hydrogen (secondary N) is 1. The Kier molecular flexibility index (Phi) is 3.81. The lowest BCUT2D eigenvalue weighted by Gasteiger charge is -2.40. The predicted octanol–water partition coefficient (Wildman–Crippen LogP) is 1.22. The van der Waals surface area contributed by atoms with E-state index in [0.29, 0.717) is 11.9 Å². The van der Waals surface area contributed by atoms with Crippen LogP contribution in [0.2, 0.25) is 0 Å². The summed E-state index contributed by atoms with van der Waals surface area (Å²) in [7, 11) is 0. The molecule has 2 atom stereocenters. The van der Waals surface area contributed by atoms with Crippen molar-refractivity contribution in [2.24, 2.45) is 0 Å². The van der Waals surface area contributed by atoms with Crippen LogP contribution < -0.4 is 5.32 Å². The summed E-state index contributed by atoms with van der Waals surface area (Å²) in [6.07, 6.45) is 7.24. The molecule has 3 aliphatic heterocycles.